The molecule has 100 valence electrons. The van der Waals surface area contributed by atoms with Crippen LogP contribution in [-0.2, 0) is 10.0 Å². The Balaban J connectivity index is 2.38. The number of rotatable bonds is 3. The second-order valence-corrected chi connectivity index (χ2v) is 6.69. The summed E-state index contributed by atoms with van der Waals surface area (Å²) in [5, 5.41) is 0.386. The van der Waals surface area contributed by atoms with Crippen molar-refractivity contribution in [2.75, 3.05) is 4.72 Å². The summed E-state index contributed by atoms with van der Waals surface area (Å²) in [7, 11) is -3.98. The lowest BCUT2D eigenvalue weighted by Crippen LogP contribution is -2.14. The molecule has 2 aromatic rings. The quantitative estimate of drug-likeness (QED) is 0.893. The van der Waals surface area contributed by atoms with Crippen LogP contribution in [0.5, 0.6) is 0 Å². The van der Waals surface area contributed by atoms with E-state index in [1.807, 2.05) is 0 Å². The van der Waals surface area contributed by atoms with Gasteiger partial charge in [-0.25, -0.2) is 12.8 Å². The van der Waals surface area contributed by atoms with Crippen molar-refractivity contribution in [1.82, 2.24) is 0 Å². The Morgan fingerprint density at radius 2 is 1.89 bits per heavy atom. The first-order chi connectivity index (χ1) is 8.88. The maximum absolute atomic E-state index is 13.7. The second kappa shape index (κ2) is 5.48. The fraction of sp³-hybridized carbons (Fsp3) is 0. The average Bonchev–Trinajstić information content (AvgIpc) is 2.27. The van der Waals surface area contributed by atoms with Gasteiger partial charge in [0.1, 0.15) is 10.7 Å². The monoisotopic (exact) mass is 363 g/mol. The second-order valence-electron chi connectivity index (χ2n) is 3.69. The van der Waals surface area contributed by atoms with Gasteiger partial charge in [0.15, 0.2) is 0 Å². The summed E-state index contributed by atoms with van der Waals surface area (Å²) < 4.78 is 40.5. The van der Waals surface area contributed by atoms with Crippen molar-refractivity contribution in [1.29, 1.82) is 0 Å². The van der Waals surface area contributed by atoms with E-state index in [1.54, 1.807) is 12.1 Å². The average molecular weight is 365 g/mol. The van der Waals surface area contributed by atoms with Crippen molar-refractivity contribution in [3.05, 3.63) is 57.8 Å². The first-order valence-electron chi connectivity index (χ1n) is 5.12. The fourth-order valence-corrected chi connectivity index (χ4v) is 3.09. The van der Waals surface area contributed by atoms with Crippen LogP contribution in [0.1, 0.15) is 0 Å². The number of hydrogen-bond donors (Lipinski definition) is 1. The van der Waals surface area contributed by atoms with Gasteiger partial charge in [-0.2, -0.15) is 0 Å². The van der Waals surface area contributed by atoms with Crippen molar-refractivity contribution in [3.63, 3.8) is 0 Å². The number of sulfonamides is 1. The zero-order valence-electron chi connectivity index (χ0n) is 9.40. The van der Waals surface area contributed by atoms with Gasteiger partial charge in [0.25, 0.3) is 10.0 Å². The predicted molar refractivity (Wildman–Crippen MR) is 76.4 cm³/mol. The van der Waals surface area contributed by atoms with E-state index in [1.165, 1.54) is 24.3 Å². The minimum absolute atomic E-state index is 0.273. The summed E-state index contributed by atoms with van der Waals surface area (Å²) in [5.41, 5.74) is 0.273. The molecule has 0 aliphatic carbocycles. The van der Waals surface area contributed by atoms with Crippen LogP contribution < -0.4 is 4.72 Å². The lowest BCUT2D eigenvalue weighted by Gasteiger charge is -2.09. The Labute approximate surface area is 123 Å². The molecule has 3 nitrogen and oxygen atoms in total. The highest BCUT2D eigenvalue weighted by molar-refractivity contribution is 9.10. The molecule has 0 aromatic heterocycles. The molecule has 0 fully saturated rings. The highest BCUT2D eigenvalue weighted by Gasteiger charge is 2.19. The van der Waals surface area contributed by atoms with Gasteiger partial charge in [-0.1, -0.05) is 33.6 Å². The minimum Gasteiger partial charge on any atom is -0.279 e. The van der Waals surface area contributed by atoms with Crippen LogP contribution in [0.25, 0.3) is 0 Å². The van der Waals surface area contributed by atoms with Crippen LogP contribution in [0.4, 0.5) is 10.1 Å². The number of anilines is 1. The zero-order chi connectivity index (χ0) is 14.0. The van der Waals surface area contributed by atoms with Crippen LogP contribution in [0.15, 0.2) is 51.8 Å². The molecule has 0 saturated carbocycles. The van der Waals surface area contributed by atoms with Crippen LogP contribution in [0.2, 0.25) is 5.02 Å². The van der Waals surface area contributed by atoms with Gasteiger partial charge in [-0.15, -0.1) is 0 Å². The Morgan fingerprint density at radius 3 is 2.53 bits per heavy atom. The Hall–Kier alpha value is -1.11. The van der Waals surface area contributed by atoms with Gasteiger partial charge in [-0.05, 0) is 36.4 Å². The maximum Gasteiger partial charge on any atom is 0.264 e. The maximum atomic E-state index is 13.7. The predicted octanol–water partition coefficient (Wildman–Crippen LogP) is 4.04. The Kier molecular flexibility index (Phi) is 4.13. The standard InChI is InChI=1S/C12H8BrClFNO2S/c13-8-4-5-12(11(15)6-8)19(17,18)16-10-3-1-2-9(14)7-10/h1-7,16H. The van der Waals surface area contributed by atoms with Gasteiger partial charge in [0, 0.05) is 9.50 Å². The summed E-state index contributed by atoms with van der Waals surface area (Å²) in [6.07, 6.45) is 0. The molecular formula is C12H8BrClFNO2S. The lowest BCUT2D eigenvalue weighted by molar-refractivity contribution is 0.570. The largest absolute Gasteiger partial charge is 0.279 e. The number of nitrogens with one attached hydrogen (secondary N) is 1. The molecule has 0 atom stereocenters. The summed E-state index contributed by atoms with van der Waals surface area (Å²) in [4.78, 5) is -0.421. The third-order valence-corrected chi connectivity index (χ3v) is 4.40. The number of halogens is 3. The van der Waals surface area contributed by atoms with Gasteiger partial charge in [0.2, 0.25) is 0 Å². The van der Waals surface area contributed by atoms with E-state index >= 15 is 0 Å². The Bertz CT molecular complexity index is 721. The van der Waals surface area contributed by atoms with E-state index in [-0.39, 0.29) is 5.69 Å². The molecule has 0 saturated heterocycles. The van der Waals surface area contributed by atoms with Gasteiger partial charge in [-0.3, -0.25) is 4.72 Å². The molecule has 0 radical (unpaired) electrons. The SMILES string of the molecule is O=S(=O)(Nc1cccc(Cl)c1)c1ccc(Br)cc1F. The molecule has 2 rings (SSSR count). The highest BCUT2D eigenvalue weighted by atomic mass is 79.9. The van der Waals surface area contributed by atoms with Crippen LogP contribution in [-0.4, -0.2) is 8.42 Å². The third kappa shape index (κ3) is 3.46. The molecule has 1 N–H and O–H groups in total. The van der Waals surface area contributed by atoms with E-state index in [4.69, 9.17) is 11.6 Å². The zero-order valence-corrected chi connectivity index (χ0v) is 12.6. The first-order valence-corrected chi connectivity index (χ1v) is 7.77. The molecule has 0 bridgehead atoms. The van der Waals surface area contributed by atoms with Crippen LogP contribution in [0.3, 0.4) is 0 Å². The van der Waals surface area contributed by atoms with E-state index < -0.39 is 20.7 Å². The van der Waals surface area contributed by atoms with Gasteiger partial charge >= 0.3 is 0 Å². The summed E-state index contributed by atoms with van der Waals surface area (Å²) >= 11 is 8.82. The van der Waals surface area contributed by atoms with Crippen molar-refractivity contribution in [2.45, 2.75) is 4.90 Å². The third-order valence-electron chi connectivity index (χ3n) is 2.26. The Morgan fingerprint density at radius 1 is 1.16 bits per heavy atom. The van der Waals surface area contributed by atoms with E-state index in [0.717, 1.165) is 6.07 Å². The van der Waals surface area contributed by atoms with E-state index in [0.29, 0.717) is 9.50 Å². The molecule has 0 aliphatic rings. The van der Waals surface area contributed by atoms with Crippen LogP contribution in [0, 0.1) is 5.82 Å². The smallest absolute Gasteiger partial charge is 0.264 e. The molecule has 19 heavy (non-hydrogen) atoms. The topological polar surface area (TPSA) is 46.2 Å². The highest BCUT2D eigenvalue weighted by Crippen LogP contribution is 2.23. The lowest BCUT2D eigenvalue weighted by atomic mass is 10.3. The van der Waals surface area contributed by atoms with E-state index in [2.05, 4.69) is 20.7 Å². The summed E-state index contributed by atoms with van der Waals surface area (Å²) in [6, 6.07) is 9.90. The minimum atomic E-state index is -3.98. The normalized spacial score (nSPS) is 11.3. The van der Waals surface area contributed by atoms with Crippen molar-refractivity contribution >= 4 is 43.2 Å². The molecule has 0 aliphatic heterocycles. The molecule has 0 heterocycles. The van der Waals surface area contributed by atoms with E-state index in [9.17, 15) is 12.8 Å². The van der Waals surface area contributed by atoms with Crippen molar-refractivity contribution < 1.29 is 12.8 Å². The molecule has 0 spiro atoms. The van der Waals surface area contributed by atoms with Crippen molar-refractivity contribution in [2.24, 2.45) is 0 Å². The van der Waals surface area contributed by atoms with Crippen LogP contribution >= 0.6 is 27.5 Å². The van der Waals surface area contributed by atoms with Crippen molar-refractivity contribution in [3.8, 4) is 0 Å². The summed E-state index contributed by atoms with van der Waals surface area (Å²) in [5.74, 6) is -0.830. The molecule has 7 heteroatoms. The molecular weight excluding hydrogens is 357 g/mol. The first kappa shape index (κ1) is 14.3. The number of hydrogen-bond acceptors (Lipinski definition) is 2. The number of benzene rings is 2. The molecule has 2 aromatic carbocycles. The summed E-state index contributed by atoms with van der Waals surface area (Å²) in [6.45, 7) is 0. The fourth-order valence-electron chi connectivity index (χ4n) is 1.46. The van der Waals surface area contributed by atoms with Gasteiger partial charge in [0.05, 0.1) is 5.69 Å². The molecule has 0 unspecified atom stereocenters. The van der Waals surface area contributed by atoms with Gasteiger partial charge < -0.3 is 0 Å². The molecule has 0 amide bonds.